The molecule has 0 aliphatic carbocycles. The molecule has 3 nitrogen and oxygen atoms in total. The fourth-order valence-corrected chi connectivity index (χ4v) is 2.41. The number of hydrogen-bond acceptors (Lipinski definition) is 2. The number of imidazole rings is 1. The molecule has 0 saturated carbocycles. The van der Waals surface area contributed by atoms with Crippen LogP contribution >= 0.6 is 34.2 Å². The molecule has 2 heterocycles. The van der Waals surface area contributed by atoms with E-state index in [0.29, 0.717) is 5.02 Å². The first-order chi connectivity index (χ1) is 8.24. The van der Waals surface area contributed by atoms with Gasteiger partial charge in [0.15, 0.2) is 5.65 Å². The number of pyridine rings is 1. The third kappa shape index (κ3) is 2.02. The average Bonchev–Trinajstić information content (AvgIpc) is 2.75. The first-order valence-corrected chi connectivity index (χ1v) is 6.46. The minimum absolute atomic E-state index is 0.703. The van der Waals surface area contributed by atoms with E-state index in [1.165, 1.54) is 0 Å². The van der Waals surface area contributed by atoms with Crippen molar-refractivity contribution in [2.45, 2.75) is 0 Å². The first kappa shape index (κ1) is 11.0. The Bertz CT molecular complexity index is 660. The molecule has 0 aliphatic rings. The molecule has 3 aromatic rings. The summed E-state index contributed by atoms with van der Waals surface area (Å²) >= 11 is 8.27. The molecular formula is C12H7ClIN3. The zero-order valence-electron chi connectivity index (χ0n) is 8.61. The normalized spacial score (nSPS) is 10.9. The summed E-state index contributed by atoms with van der Waals surface area (Å²) in [5.74, 6) is 0.797. The van der Waals surface area contributed by atoms with E-state index in [4.69, 9.17) is 11.6 Å². The minimum Gasteiger partial charge on any atom is -0.337 e. The number of halogens is 2. The molecule has 0 bridgehead atoms. The highest BCUT2D eigenvalue weighted by Crippen LogP contribution is 2.27. The lowest BCUT2D eigenvalue weighted by atomic mass is 10.2. The van der Waals surface area contributed by atoms with Gasteiger partial charge in [-0.3, -0.25) is 0 Å². The van der Waals surface area contributed by atoms with Crippen molar-refractivity contribution in [1.29, 1.82) is 0 Å². The van der Waals surface area contributed by atoms with Gasteiger partial charge >= 0.3 is 0 Å². The molecule has 5 heteroatoms. The Morgan fingerprint density at radius 1 is 1.24 bits per heavy atom. The van der Waals surface area contributed by atoms with E-state index in [9.17, 15) is 0 Å². The highest BCUT2D eigenvalue weighted by atomic mass is 127. The quantitative estimate of drug-likeness (QED) is 0.673. The summed E-state index contributed by atoms with van der Waals surface area (Å²) in [5.41, 5.74) is 2.65. The fraction of sp³-hybridized carbons (Fsp3) is 0. The first-order valence-electron chi connectivity index (χ1n) is 5.00. The Hall–Kier alpha value is -1.14. The topological polar surface area (TPSA) is 41.6 Å². The van der Waals surface area contributed by atoms with Gasteiger partial charge in [-0.05, 0) is 52.9 Å². The van der Waals surface area contributed by atoms with Crippen molar-refractivity contribution in [2.75, 3.05) is 0 Å². The molecule has 2 aromatic heterocycles. The average molecular weight is 356 g/mol. The molecular weight excluding hydrogens is 349 g/mol. The van der Waals surface area contributed by atoms with Crippen molar-refractivity contribution in [3.05, 3.63) is 45.1 Å². The molecule has 0 spiro atoms. The van der Waals surface area contributed by atoms with Gasteiger partial charge in [0.1, 0.15) is 5.82 Å². The molecule has 3 rings (SSSR count). The van der Waals surface area contributed by atoms with Crippen LogP contribution in [0.25, 0.3) is 22.6 Å². The molecule has 0 amide bonds. The van der Waals surface area contributed by atoms with Gasteiger partial charge < -0.3 is 4.98 Å². The fourth-order valence-electron chi connectivity index (χ4n) is 1.65. The molecule has 17 heavy (non-hydrogen) atoms. The number of hydrogen-bond donors (Lipinski definition) is 1. The standard InChI is InChI=1S/C12H7ClIN3/c13-7-3-4-9(14)8(6-7)11-16-10-2-1-5-15-12(10)17-11/h1-6H,(H,15,16,17). The van der Waals surface area contributed by atoms with Crippen LogP contribution in [-0.4, -0.2) is 15.0 Å². The second kappa shape index (κ2) is 4.27. The lowest BCUT2D eigenvalue weighted by Gasteiger charge is -2.00. The second-order valence-electron chi connectivity index (χ2n) is 3.58. The molecule has 1 N–H and O–H groups in total. The Labute approximate surface area is 116 Å². The Balaban J connectivity index is 2.23. The molecule has 0 aliphatic heterocycles. The largest absolute Gasteiger partial charge is 0.337 e. The van der Waals surface area contributed by atoms with Gasteiger partial charge in [0.05, 0.1) is 5.52 Å². The number of fused-ring (bicyclic) bond motifs is 1. The highest BCUT2D eigenvalue weighted by Gasteiger charge is 2.09. The van der Waals surface area contributed by atoms with E-state index in [2.05, 4.69) is 37.5 Å². The van der Waals surface area contributed by atoms with E-state index in [1.54, 1.807) is 6.20 Å². The van der Waals surface area contributed by atoms with E-state index < -0.39 is 0 Å². The monoisotopic (exact) mass is 355 g/mol. The second-order valence-corrected chi connectivity index (χ2v) is 5.18. The van der Waals surface area contributed by atoms with Gasteiger partial charge in [-0.2, -0.15) is 0 Å². The van der Waals surface area contributed by atoms with Gasteiger partial charge in [0.2, 0.25) is 0 Å². The van der Waals surface area contributed by atoms with Crippen molar-refractivity contribution in [3.8, 4) is 11.4 Å². The molecule has 0 atom stereocenters. The smallest absolute Gasteiger partial charge is 0.178 e. The van der Waals surface area contributed by atoms with Gasteiger partial charge in [-0.25, -0.2) is 9.97 Å². The van der Waals surface area contributed by atoms with Gasteiger partial charge in [0.25, 0.3) is 0 Å². The van der Waals surface area contributed by atoms with Gasteiger partial charge in [-0.15, -0.1) is 0 Å². The SMILES string of the molecule is Clc1ccc(I)c(-c2nc3ncccc3[nH]2)c1. The summed E-state index contributed by atoms with van der Waals surface area (Å²) < 4.78 is 1.10. The summed E-state index contributed by atoms with van der Waals surface area (Å²) in [7, 11) is 0. The van der Waals surface area contributed by atoms with Crippen LogP contribution in [0.1, 0.15) is 0 Å². The third-order valence-corrected chi connectivity index (χ3v) is 3.62. The Kier molecular flexibility index (Phi) is 2.76. The molecule has 1 aromatic carbocycles. The molecule has 0 fully saturated rings. The zero-order chi connectivity index (χ0) is 11.8. The van der Waals surface area contributed by atoms with Crippen molar-refractivity contribution in [1.82, 2.24) is 15.0 Å². The summed E-state index contributed by atoms with van der Waals surface area (Å²) in [4.78, 5) is 11.9. The van der Waals surface area contributed by atoms with E-state index in [0.717, 1.165) is 26.1 Å². The third-order valence-electron chi connectivity index (χ3n) is 2.44. The Morgan fingerprint density at radius 2 is 2.12 bits per heavy atom. The van der Waals surface area contributed by atoms with Crippen LogP contribution < -0.4 is 0 Å². The van der Waals surface area contributed by atoms with Crippen molar-refractivity contribution >= 4 is 45.4 Å². The van der Waals surface area contributed by atoms with Crippen molar-refractivity contribution in [3.63, 3.8) is 0 Å². The van der Waals surface area contributed by atoms with Gasteiger partial charge in [-0.1, -0.05) is 11.6 Å². The number of rotatable bonds is 1. The number of H-pyrrole nitrogens is 1. The van der Waals surface area contributed by atoms with Crippen LogP contribution in [0.15, 0.2) is 36.5 Å². The van der Waals surface area contributed by atoms with Crippen LogP contribution in [0, 0.1) is 3.57 Å². The predicted molar refractivity (Wildman–Crippen MR) is 77.1 cm³/mol. The summed E-state index contributed by atoms with van der Waals surface area (Å²) in [6, 6.07) is 9.58. The maximum atomic E-state index is 6.00. The van der Waals surface area contributed by atoms with E-state index in [-0.39, 0.29) is 0 Å². The number of aromatic nitrogens is 3. The van der Waals surface area contributed by atoms with Crippen molar-refractivity contribution < 1.29 is 0 Å². The van der Waals surface area contributed by atoms with Crippen LogP contribution in [0.3, 0.4) is 0 Å². The lowest BCUT2D eigenvalue weighted by molar-refractivity contribution is 1.30. The highest BCUT2D eigenvalue weighted by molar-refractivity contribution is 14.1. The Morgan fingerprint density at radius 3 is 2.94 bits per heavy atom. The van der Waals surface area contributed by atoms with Crippen LogP contribution in [0.4, 0.5) is 0 Å². The minimum atomic E-state index is 0.703. The molecule has 0 radical (unpaired) electrons. The maximum absolute atomic E-state index is 6.00. The molecule has 0 unspecified atom stereocenters. The number of nitrogens with zero attached hydrogens (tertiary/aromatic N) is 2. The van der Waals surface area contributed by atoms with Crippen molar-refractivity contribution in [2.24, 2.45) is 0 Å². The maximum Gasteiger partial charge on any atom is 0.178 e. The number of nitrogens with one attached hydrogen (secondary N) is 1. The van der Waals surface area contributed by atoms with E-state index in [1.807, 2.05) is 30.3 Å². The number of benzene rings is 1. The molecule has 0 saturated heterocycles. The van der Waals surface area contributed by atoms with Crippen LogP contribution in [-0.2, 0) is 0 Å². The predicted octanol–water partition coefficient (Wildman–Crippen LogP) is 3.88. The lowest BCUT2D eigenvalue weighted by Crippen LogP contribution is -1.85. The van der Waals surface area contributed by atoms with Gasteiger partial charge in [0, 0.05) is 20.4 Å². The van der Waals surface area contributed by atoms with Crippen LogP contribution in [0.5, 0.6) is 0 Å². The zero-order valence-corrected chi connectivity index (χ0v) is 11.5. The molecule has 84 valence electrons. The number of aromatic amines is 1. The van der Waals surface area contributed by atoms with Crippen LogP contribution in [0.2, 0.25) is 5.02 Å². The summed E-state index contributed by atoms with van der Waals surface area (Å²) in [6.07, 6.45) is 1.73. The summed E-state index contributed by atoms with van der Waals surface area (Å²) in [6.45, 7) is 0. The summed E-state index contributed by atoms with van der Waals surface area (Å²) in [5, 5.41) is 0.703. The van der Waals surface area contributed by atoms with E-state index >= 15 is 0 Å².